The maximum Gasteiger partial charge on any atom is 0.340 e. The Morgan fingerprint density at radius 2 is 1.81 bits per heavy atom. The summed E-state index contributed by atoms with van der Waals surface area (Å²) >= 11 is 0. The summed E-state index contributed by atoms with van der Waals surface area (Å²) in [4.78, 5) is 26.1. The molecule has 0 saturated carbocycles. The second-order valence-electron chi connectivity index (χ2n) is 5.58. The lowest BCUT2D eigenvalue weighted by atomic mass is 10.2. The van der Waals surface area contributed by atoms with Crippen LogP contribution in [0.1, 0.15) is 15.9 Å². The first-order valence-electron chi connectivity index (χ1n) is 7.92. The topological polar surface area (TPSA) is 90.2 Å². The molecule has 0 fully saturated rings. The number of tetrazole rings is 1. The van der Waals surface area contributed by atoms with E-state index in [2.05, 4.69) is 15.5 Å². The van der Waals surface area contributed by atoms with Crippen LogP contribution in [0.15, 0.2) is 60.9 Å². The molecule has 1 amide bonds. The van der Waals surface area contributed by atoms with Crippen molar-refractivity contribution in [1.29, 1.82) is 0 Å². The average molecular weight is 351 g/mol. The van der Waals surface area contributed by atoms with Crippen LogP contribution in [-0.2, 0) is 16.1 Å². The monoisotopic (exact) mass is 351 g/mol. The van der Waals surface area contributed by atoms with Gasteiger partial charge in [-0.05, 0) is 28.1 Å². The summed E-state index contributed by atoms with van der Waals surface area (Å²) in [5.41, 5.74) is 1.75. The number of amides is 1. The number of hydrogen-bond acceptors (Lipinski definition) is 6. The molecular formula is C18H17N5O3. The third-order valence-corrected chi connectivity index (χ3v) is 3.73. The highest BCUT2D eigenvalue weighted by atomic mass is 16.5. The number of likely N-dealkylation sites (N-methyl/N-ethyl adjacent to an activating group) is 1. The highest BCUT2D eigenvalue weighted by Crippen LogP contribution is 2.14. The fourth-order valence-corrected chi connectivity index (χ4v) is 2.38. The van der Waals surface area contributed by atoms with Gasteiger partial charge in [0.15, 0.2) is 6.61 Å². The van der Waals surface area contributed by atoms with Crippen molar-refractivity contribution >= 4 is 11.9 Å². The zero-order valence-electron chi connectivity index (χ0n) is 14.1. The van der Waals surface area contributed by atoms with Crippen molar-refractivity contribution in [3.63, 3.8) is 0 Å². The van der Waals surface area contributed by atoms with E-state index in [9.17, 15) is 9.59 Å². The minimum absolute atomic E-state index is 0.276. The van der Waals surface area contributed by atoms with Crippen molar-refractivity contribution in [3.8, 4) is 5.69 Å². The second kappa shape index (κ2) is 8.02. The third kappa shape index (κ3) is 4.10. The fourth-order valence-electron chi connectivity index (χ4n) is 2.38. The standard InChI is InChI=1S/C18H17N5O3/c1-22(11-14-7-3-2-4-8-14)17(24)12-26-18(25)15-9-5-6-10-16(15)23-13-19-20-21-23/h2-10,13H,11-12H2,1H3. The molecule has 3 rings (SSSR count). The first-order chi connectivity index (χ1) is 12.6. The minimum Gasteiger partial charge on any atom is -0.452 e. The smallest absolute Gasteiger partial charge is 0.340 e. The molecule has 0 spiro atoms. The number of carbonyl (C=O) groups is 2. The summed E-state index contributed by atoms with van der Waals surface area (Å²) in [6.07, 6.45) is 1.38. The Morgan fingerprint density at radius 3 is 2.54 bits per heavy atom. The molecule has 8 nitrogen and oxygen atoms in total. The molecule has 0 aliphatic heterocycles. The van der Waals surface area contributed by atoms with Crippen molar-refractivity contribution in [2.24, 2.45) is 0 Å². The molecule has 0 aliphatic rings. The Labute approximate surface area is 150 Å². The number of rotatable bonds is 6. The van der Waals surface area contributed by atoms with Crippen molar-refractivity contribution in [2.45, 2.75) is 6.54 Å². The highest BCUT2D eigenvalue weighted by molar-refractivity contribution is 5.94. The summed E-state index contributed by atoms with van der Waals surface area (Å²) < 4.78 is 6.54. The summed E-state index contributed by atoms with van der Waals surface area (Å²) in [5.74, 6) is -0.903. The van der Waals surface area contributed by atoms with Gasteiger partial charge in [-0.15, -0.1) is 5.10 Å². The lowest BCUT2D eigenvalue weighted by molar-refractivity contribution is -0.133. The van der Waals surface area contributed by atoms with Gasteiger partial charge >= 0.3 is 5.97 Å². The van der Waals surface area contributed by atoms with Gasteiger partial charge in [-0.25, -0.2) is 4.79 Å². The summed E-state index contributed by atoms with van der Waals surface area (Å²) in [7, 11) is 1.66. The average Bonchev–Trinajstić information content (AvgIpc) is 3.21. The molecule has 3 aromatic rings. The Balaban J connectivity index is 1.61. The molecule has 0 aliphatic carbocycles. The number of benzene rings is 2. The zero-order chi connectivity index (χ0) is 18.4. The van der Waals surface area contributed by atoms with Crippen LogP contribution in [0.25, 0.3) is 5.69 Å². The van der Waals surface area contributed by atoms with Crippen LogP contribution in [0.4, 0.5) is 0 Å². The second-order valence-corrected chi connectivity index (χ2v) is 5.58. The molecule has 0 N–H and O–H groups in total. The van der Waals surface area contributed by atoms with E-state index in [1.165, 1.54) is 15.9 Å². The van der Waals surface area contributed by atoms with Gasteiger partial charge in [-0.1, -0.05) is 42.5 Å². The molecule has 132 valence electrons. The van der Waals surface area contributed by atoms with Gasteiger partial charge < -0.3 is 9.64 Å². The Bertz CT molecular complexity index is 881. The largest absolute Gasteiger partial charge is 0.452 e. The lowest BCUT2D eigenvalue weighted by Gasteiger charge is -2.17. The van der Waals surface area contributed by atoms with Gasteiger partial charge in [0.2, 0.25) is 0 Å². The van der Waals surface area contributed by atoms with Crippen molar-refractivity contribution in [2.75, 3.05) is 13.7 Å². The van der Waals surface area contributed by atoms with Gasteiger partial charge in [0.05, 0.1) is 11.3 Å². The Hall–Kier alpha value is -3.55. The predicted octanol–water partition coefficient (Wildman–Crippen LogP) is 1.48. The Kier molecular flexibility index (Phi) is 5.33. The fraction of sp³-hybridized carbons (Fsp3) is 0.167. The Morgan fingerprint density at radius 1 is 1.08 bits per heavy atom. The zero-order valence-corrected chi connectivity index (χ0v) is 14.1. The number of hydrogen-bond donors (Lipinski definition) is 0. The molecule has 0 radical (unpaired) electrons. The van der Waals surface area contributed by atoms with E-state index in [0.29, 0.717) is 12.2 Å². The maximum atomic E-state index is 12.4. The van der Waals surface area contributed by atoms with Gasteiger partial charge in [0, 0.05) is 13.6 Å². The molecule has 1 heterocycles. The summed E-state index contributed by atoms with van der Waals surface area (Å²) in [6.45, 7) is 0.102. The number of aromatic nitrogens is 4. The summed E-state index contributed by atoms with van der Waals surface area (Å²) in [5, 5.41) is 10.9. The van der Waals surface area contributed by atoms with E-state index in [1.54, 1.807) is 31.3 Å². The van der Waals surface area contributed by atoms with Crippen LogP contribution < -0.4 is 0 Å². The van der Waals surface area contributed by atoms with Crippen LogP contribution in [0.5, 0.6) is 0 Å². The molecule has 1 aromatic heterocycles. The minimum atomic E-state index is -0.613. The molecule has 2 aromatic carbocycles. The number of carbonyl (C=O) groups excluding carboxylic acids is 2. The van der Waals surface area contributed by atoms with Gasteiger partial charge in [-0.3, -0.25) is 4.79 Å². The lowest BCUT2D eigenvalue weighted by Crippen LogP contribution is -2.31. The summed E-state index contributed by atoms with van der Waals surface area (Å²) in [6, 6.07) is 16.3. The third-order valence-electron chi connectivity index (χ3n) is 3.73. The van der Waals surface area contributed by atoms with Crippen LogP contribution in [0.3, 0.4) is 0 Å². The molecular weight excluding hydrogens is 334 g/mol. The normalized spacial score (nSPS) is 10.3. The molecule has 0 saturated heterocycles. The first-order valence-corrected chi connectivity index (χ1v) is 7.92. The molecule has 8 heteroatoms. The molecule has 26 heavy (non-hydrogen) atoms. The highest BCUT2D eigenvalue weighted by Gasteiger charge is 2.17. The van der Waals surface area contributed by atoms with Gasteiger partial charge in [0.1, 0.15) is 6.33 Å². The SMILES string of the molecule is CN(Cc1ccccc1)C(=O)COC(=O)c1ccccc1-n1cnnn1. The first kappa shape index (κ1) is 17.3. The quantitative estimate of drug-likeness (QED) is 0.625. The van der Waals surface area contributed by atoms with Crippen LogP contribution in [0.2, 0.25) is 0 Å². The van der Waals surface area contributed by atoms with Crippen LogP contribution in [0, 0.1) is 0 Å². The van der Waals surface area contributed by atoms with Gasteiger partial charge in [-0.2, -0.15) is 4.68 Å². The number of esters is 1. The predicted molar refractivity (Wildman–Crippen MR) is 92.4 cm³/mol. The molecule has 0 atom stereocenters. The van der Waals surface area contributed by atoms with Gasteiger partial charge in [0.25, 0.3) is 5.91 Å². The maximum absolute atomic E-state index is 12.4. The van der Waals surface area contributed by atoms with E-state index >= 15 is 0 Å². The van der Waals surface area contributed by atoms with E-state index in [0.717, 1.165) is 5.56 Å². The van der Waals surface area contributed by atoms with E-state index < -0.39 is 5.97 Å². The number of para-hydroxylation sites is 1. The van der Waals surface area contributed by atoms with E-state index in [-0.39, 0.29) is 18.1 Å². The van der Waals surface area contributed by atoms with Crippen molar-refractivity contribution in [1.82, 2.24) is 25.1 Å². The van der Waals surface area contributed by atoms with Crippen molar-refractivity contribution < 1.29 is 14.3 Å². The van der Waals surface area contributed by atoms with Crippen molar-refractivity contribution in [3.05, 3.63) is 72.1 Å². The van der Waals surface area contributed by atoms with E-state index in [1.807, 2.05) is 30.3 Å². The van der Waals surface area contributed by atoms with E-state index in [4.69, 9.17) is 4.74 Å². The molecule has 0 unspecified atom stereocenters. The van der Waals surface area contributed by atoms with Crippen LogP contribution >= 0.6 is 0 Å². The molecule has 0 bridgehead atoms. The number of ether oxygens (including phenoxy) is 1. The van der Waals surface area contributed by atoms with Crippen LogP contribution in [-0.4, -0.2) is 50.6 Å². The number of nitrogens with zero attached hydrogens (tertiary/aromatic N) is 5.